The van der Waals surface area contributed by atoms with Crippen molar-refractivity contribution in [1.82, 2.24) is 9.55 Å². The molecule has 0 aliphatic heterocycles. The Morgan fingerprint density at radius 1 is 1.16 bits per heavy atom. The fraction of sp³-hybridized carbons (Fsp3) is 0. The lowest BCUT2D eigenvalue weighted by molar-refractivity contribution is 0.443. The Balaban J connectivity index is 2.48. The van der Waals surface area contributed by atoms with Crippen molar-refractivity contribution >= 4 is 22.6 Å². The Labute approximate surface area is 111 Å². The van der Waals surface area contributed by atoms with Gasteiger partial charge in [-0.25, -0.2) is 19.1 Å². The molecular formula is C13H7ClN2O3. The second kappa shape index (κ2) is 4.37. The molecule has 3 aromatic rings. The van der Waals surface area contributed by atoms with Gasteiger partial charge in [0, 0.05) is 11.2 Å². The van der Waals surface area contributed by atoms with Gasteiger partial charge in [0.25, 0.3) is 0 Å². The van der Waals surface area contributed by atoms with Gasteiger partial charge in [0.05, 0.1) is 5.69 Å². The Bertz CT molecular complexity index is 883. The van der Waals surface area contributed by atoms with Crippen LogP contribution in [0.15, 0.2) is 56.6 Å². The van der Waals surface area contributed by atoms with Crippen LogP contribution in [0.4, 0.5) is 0 Å². The van der Waals surface area contributed by atoms with Crippen LogP contribution in [0, 0.1) is 0 Å². The first kappa shape index (κ1) is 11.7. The first-order chi connectivity index (χ1) is 9.16. The van der Waals surface area contributed by atoms with Crippen molar-refractivity contribution in [3.8, 4) is 5.69 Å². The molecule has 2 aromatic heterocycles. The molecule has 1 aromatic carbocycles. The predicted octanol–water partition coefficient (Wildman–Crippen LogP) is 1.99. The molecule has 0 bridgehead atoms. The van der Waals surface area contributed by atoms with E-state index < -0.39 is 11.4 Å². The van der Waals surface area contributed by atoms with E-state index in [1.807, 2.05) is 0 Å². The number of hydrogen-bond acceptors (Lipinski definition) is 4. The van der Waals surface area contributed by atoms with Crippen LogP contribution in [-0.4, -0.2) is 9.55 Å². The highest BCUT2D eigenvalue weighted by molar-refractivity contribution is 6.30. The third-order valence-corrected chi connectivity index (χ3v) is 2.88. The molecule has 2 heterocycles. The van der Waals surface area contributed by atoms with Gasteiger partial charge in [-0.1, -0.05) is 17.7 Å². The standard InChI is InChI=1S/C13H7ClN2O3/c14-8-3-1-4-9(7-8)16-11-10(5-2-6-15-11)12(17)19-13(16)18/h1-7H. The lowest BCUT2D eigenvalue weighted by Crippen LogP contribution is -2.24. The maximum absolute atomic E-state index is 11.9. The van der Waals surface area contributed by atoms with Crippen molar-refractivity contribution in [1.29, 1.82) is 0 Å². The zero-order valence-corrected chi connectivity index (χ0v) is 10.3. The van der Waals surface area contributed by atoms with E-state index in [1.165, 1.54) is 10.8 Å². The van der Waals surface area contributed by atoms with E-state index in [0.29, 0.717) is 10.7 Å². The number of halogens is 1. The van der Waals surface area contributed by atoms with E-state index >= 15 is 0 Å². The minimum Gasteiger partial charge on any atom is -0.372 e. The summed E-state index contributed by atoms with van der Waals surface area (Å²) in [5.74, 6) is -0.793. The monoisotopic (exact) mass is 274 g/mol. The average Bonchev–Trinajstić information content (AvgIpc) is 2.39. The lowest BCUT2D eigenvalue weighted by Gasteiger charge is -2.07. The third-order valence-electron chi connectivity index (χ3n) is 2.65. The molecule has 5 nitrogen and oxygen atoms in total. The summed E-state index contributed by atoms with van der Waals surface area (Å²) in [6.07, 6.45) is 1.50. The number of aromatic nitrogens is 2. The van der Waals surface area contributed by atoms with E-state index in [0.717, 1.165) is 0 Å². The van der Waals surface area contributed by atoms with Crippen LogP contribution in [0.1, 0.15) is 0 Å². The summed E-state index contributed by atoms with van der Waals surface area (Å²) < 4.78 is 5.90. The van der Waals surface area contributed by atoms with Gasteiger partial charge >= 0.3 is 11.4 Å². The van der Waals surface area contributed by atoms with E-state index in [-0.39, 0.29) is 11.0 Å². The van der Waals surface area contributed by atoms with Crippen LogP contribution in [0.2, 0.25) is 5.02 Å². The highest BCUT2D eigenvalue weighted by Crippen LogP contribution is 2.16. The second-order valence-corrected chi connectivity index (χ2v) is 4.28. The van der Waals surface area contributed by atoms with Gasteiger partial charge in [-0.2, -0.15) is 0 Å². The Hall–Kier alpha value is -2.40. The molecule has 0 amide bonds. The molecule has 3 rings (SSSR count). The number of nitrogens with zero attached hydrogens (tertiary/aromatic N) is 2. The highest BCUT2D eigenvalue weighted by Gasteiger charge is 2.11. The first-order valence-corrected chi connectivity index (χ1v) is 5.81. The molecule has 0 fully saturated rings. The molecule has 0 aliphatic carbocycles. The molecule has 6 heteroatoms. The topological polar surface area (TPSA) is 65.1 Å². The maximum atomic E-state index is 11.9. The summed E-state index contributed by atoms with van der Waals surface area (Å²) in [6, 6.07) is 9.81. The normalized spacial score (nSPS) is 10.8. The zero-order chi connectivity index (χ0) is 13.4. The third kappa shape index (κ3) is 1.94. The molecule has 0 saturated heterocycles. The van der Waals surface area contributed by atoms with E-state index in [2.05, 4.69) is 9.40 Å². The van der Waals surface area contributed by atoms with Crippen molar-refractivity contribution in [2.24, 2.45) is 0 Å². The second-order valence-electron chi connectivity index (χ2n) is 3.85. The van der Waals surface area contributed by atoms with Crippen molar-refractivity contribution < 1.29 is 4.42 Å². The van der Waals surface area contributed by atoms with Gasteiger partial charge < -0.3 is 4.42 Å². The Morgan fingerprint density at radius 3 is 2.79 bits per heavy atom. The van der Waals surface area contributed by atoms with Crippen molar-refractivity contribution in [3.05, 3.63) is 68.6 Å². The molecule has 0 spiro atoms. The molecule has 19 heavy (non-hydrogen) atoms. The Morgan fingerprint density at radius 2 is 2.00 bits per heavy atom. The molecule has 0 aliphatic rings. The van der Waals surface area contributed by atoms with Gasteiger partial charge in [-0.15, -0.1) is 0 Å². The van der Waals surface area contributed by atoms with Gasteiger partial charge in [0.1, 0.15) is 5.39 Å². The van der Waals surface area contributed by atoms with Gasteiger partial charge in [-0.05, 0) is 30.3 Å². The SMILES string of the molecule is O=c1oc(=O)n(-c2cccc(Cl)c2)c2ncccc12. The van der Waals surface area contributed by atoms with Crippen molar-refractivity contribution in [2.75, 3.05) is 0 Å². The average molecular weight is 275 g/mol. The number of fused-ring (bicyclic) bond motifs is 1. The maximum Gasteiger partial charge on any atom is 0.428 e. The van der Waals surface area contributed by atoms with E-state index in [4.69, 9.17) is 11.6 Å². The molecular weight excluding hydrogens is 268 g/mol. The van der Waals surface area contributed by atoms with Crippen molar-refractivity contribution in [2.45, 2.75) is 0 Å². The molecule has 0 N–H and O–H groups in total. The first-order valence-electron chi connectivity index (χ1n) is 5.43. The van der Waals surface area contributed by atoms with Crippen molar-refractivity contribution in [3.63, 3.8) is 0 Å². The molecule has 0 unspecified atom stereocenters. The van der Waals surface area contributed by atoms with Crippen LogP contribution in [0.25, 0.3) is 16.7 Å². The summed E-state index contributed by atoms with van der Waals surface area (Å²) in [5.41, 5.74) is 0.0299. The molecule has 0 radical (unpaired) electrons. The summed E-state index contributed by atoms with van der Waals surface area (Å²) in [5, 5.41) is 0.710. The van der Waals surface area contributed by atoms with E-state index in [9.17, 15) is 9.59 Å². The highest BCUT2D eigenvalue weighted by atomic mass is 35.5. The summed E-state index contributed by atoms with van der Waals surface area (Å²) in [4.78, 5) is 27.6. The van der Waals surface area contributed by atoms with E-state index in [1.54, 1.807) is 36.4 Å². The van der Waals surface area contributed by atoms with Gasteiger partial charge in [0.2, 0.25) is 0 Å². The van der Waals surface area contributed by atoms with Crippen LogP contribution in [0.3, 0.4) is 0 Å². The zero-order valence-electron chi connectivity index (χ0n) is 9.54. The van der Waals surface area contributed by atoms with Crippen LogP contribution < -0.4 is 11.4 Å². The van der Waals surface area contributed by atoms with Gasteiger partial charge in [-0.3, -0.25) is 0 Å². The molecule has 0 atom stereocenters. The van der Waals surface area contributed by atoms with Crippen LogP contribution in [-0.2, 0) is 0 Å². The minimum absolute atomic E-state index is 0.238. The summed E-state index contributed by atoms with van der Waals surface area (Å²) in [7, 11) is 0. The smallest absolute Gasteiger partial charge is 0.372 e. The Kier molecular flexibility index (Phi) is 2.68. The number of rotatable bonds is 1. The van der Waals surface area contributed by atoms with Crippen LogP contribution >= 0.6 is 11.6 Å². The number of pyridine rings is 1. The minimum atomic E-state index is -0.793. The fourth-order valence-corrected chi connectivity index (χ4v) is 2.03. The van der Waals surface area contributed by atoms with Crippen LogP contribution in [0.5, 0.6) is 0 Å². The van der Waals surface area contributed by atoms with Gasteiger partial charge in [0.15, 0.2) is 5.65 Å². The number of benzene rings is 1. The molecule has 0 saturated carbocycles. The fourth-order valence-electron chi connectivity index (χ4n) is 1.84. The summed E-state index contributed by atoms with van der Waals surface area (Å²) >= 11 is 5.90. The predicted molar refractivity (Wildman–Crippen MR) is 70.9 cm³/mol. The lowest BCUT2D eigenvalue weighted by atomic mass is 10.3. The summed E-state index contributed by atoms with van der Waals surface area (Å²) in [6.45, 7) is 0. The number of hydrogen-bond donors (Lipinski definition) is 0. The largest absolute Gasteiger partial charge is 0.428 e. The quantitative estimate of drug-likeness (QED) is 0.681. The molecule has 94 valence electrons.